The van der Waals surface area contributed by atoms with Gasteiger partial charge in [-0.25, -0.2) is 4.98 Å². The van der Waals surface area contributed by atoms with E-state index in [2.05, 4.69) is 10.3 Å². The maximum atomic E-state index is 5.32. The highest BCUT2D eigenvalue weighted by molar-refractivity contribution is 5.15. The molecule has 0 bridgehead atoms. The van der Waals surface area contributed by atoms with E-state index in [1.54, 1.807) is 7.11 Å². The summed E-state index contributed by atoms with van der Waals surface area (Å²) in [5.41, 5.74) is 1.01. The zero-order chi connectivity index (χ0) is 11.2. The Labute approximate surface area is 96.0 Å². The molecule has 0 spiro atoms. The van der Waals surface area contributed by atoms with Gasteiger partial charge in [-0.3, -0.25) is 0 Å². The van der Waals surface area contributed by atoms with E-state index in [1.165, 1.54) is 6.42 Å². The van der Waals surface area contributed by atoms with Crippen LogP contribution >= 0.6 is 0 Å². The van der Waals surface area contributed by atoms with Gasteiger partial charge >= 0.3 is 0 Å². The van der Waals surface area contributed by atoms with Crippen molar-refractivity contribution in [2.75, 3.05) is 26.9 Å². The third-order valence-corrected chi connectivity index (χ3v) is 2.75. The van der Waals surface area contributed by atoms with Gasteiger partial charge in [0.05, 0.1) is 19.4 Å². The van der Waals surface area contributed by atoms with Crippen molar-refractivity contribution >= 4 is 0 Å². The minimum absolute atomic E-state index is 0.658. The first-order valence-corrected chi connectivity index (χ1v) is 5.67. The number of aromatic nitrogens is 1. The molecule has 2 heterocycles. The van der Waals surface area contributed by atoms with Crippen LogP contribution in [0.5, 0.6) is 5.88 Å². The molecule has 2 rings (SSSR count). The number of methoxy groups -OCH3 is 1. The van der Waals surface area contributed by atoms with Gasteiger partial charge in [0.15, 0.2) is 0 Å². The monoisotopic (exact) mass is 222 g/mol. The normalized spacial score (nSPS) is 19.9. The van der Waals surface area contributed by atoms with Gasteiger partial charge in [-0.1, -0.05) is 6.07 Å². The largest absolute Gasteiger partial charge is 0.481 e. The number of pyridine rings is 1. The topological polar surface area (TPSA) is 43.4 Å². The lowest BCUT2D eigenvalue weighted by atomic mass is 10.1. The van der Waals surface area contributed by atoms with Crippen LogP contribution in [-0.2, 0) is 11.3 Å². The zero-order valence-electron chi connectivity index (χ0n) is 9.61. The average Bonchev–Trinajstić information content (AvgIpc) is 2.82. The molecule has 1 aliphatic rings. The highest BCUT2D eigenvalue weighted by Gasteiger charge is 2.14. The van der Waals surface area contributed by atoms with Gasteiger partial charge in [-0.05, 0) is 18.4 Å². The lowest BCUT2D eigenvalue weighted by molar-refractivity contribution is 0.185. The van der Waals surface area contributed by atoms with Crippen molar-refractivity contribution in [3.8, 4) is 5.88 Å². The Morgan fingerprint density at radius 2 is 2.50 bits per heavy atom. The number of ether oxygens (including phenoxy) is 2. The van der Waals surface area contributed by atoms with Crippen LogP contribution in [-0.4, -0.2) is 31.9 Å². The van der Waals surface area contributed by atoms with Crippen LogP contribution in [0, 0.1) is 5.92 Å². The van der Waals surface area contributed by atoms with Crippen LogP contribution in [0.2, 0.25) is 0 Å². The summed E-state index contributed by atoms with van der Waals surface area (Å²) < 4.78 is 10.4. The van der Waals surface area contributed by atoms with Crippen molar-refractivity contribution in [3.05, 3.63) is 23.9 Å². The molecule has 4 nitrogen and oxygen atoms in total. The summed E-state index contributed by atoms with van der Waals surface area (Å²) >= 11 is 0. The van der Waals surface area contributed by atoms with E-state index in [4.69, 9.17) is 9.47 Å². The summed E-state index contributed by atoms with van der Waals surface area (Å²) in [5, 5.41) is 3.40. The van der Waals surface area contributed by atoms with Crippen molar-refractivity contribution in [2.45, 2.75) is 13.0 Å². The number of hydrogen-bond acceptors (Lipinski definition) is 4. The van der Waals surface area contributed by atoms with E-state index in [-0.39, 0.29) is 0 Å². The van der Waals surface area contributed by atoms with Gasteiger partial charge in [0.2, 0.25) is 5.88 Å². The Balaban J connectivity index is 1.75. The molecule has 1 atom stereocenters. The van der Waals surface area contributed by atoms with E-state index in [9.17, 15) is 0 Å². The van der Waals surface area contributed by atoms with E-state index >= 15 is 0 Å². The molecule has 1 N–H and O–H groups in total. The van der Waals surface area contributed by atoms with E-state index in [0.717, 1.165) is 32.0 Å². The van der Waals surface area contributed by atoms with Gasteiger partial charge in [0, 0.05) is 25.8 Å². The van der Waals surface area contributed by atoms with E-state index in [0.29, 0.717) is 11.8 Å². The number of hydrogen-bond donors (Lipinski definition) is 1. The van der Waals surface area contributed by atoms with Gasteiger partial charge in [-0.2, -0.15) is 0 Å². The molecule has 1 unspecified atom stereocenters. The van der Waals surface area contributed by atoms with Crippen LogP contribution < -0.4 is 10.1 Å². The first kappa shape index (κ1) is 11.4. The second kappa shape index (κ2) is 5.82. The smallest absolute Gasteiger partial charge is 0.213 e. The first-order valence-electron chi connectivity index (χ1n) is 5.67. The predicted molar refractivity (Wildman–Crippen MR) is 61.4 cm³/mol. The molecule has 1 saturated heterocycles. The molecule has 88 valence electrons. The summed E-state index contributed by atoms with van der Waals surface area (Å²) in [6, 6.07) is 5.82. The molecular weight excluding hydrogens is 204 g/mol. The maximum Gasteiger partial charge on any atom is 0.213 e. The third kappa shape index (κ3) is 3.18. The molecule has 1 fully saturated rings. The number of nitrogens with zero attached hydrogens (tertiary/aromatic N) is 1. The molecular formula is C12H18N2O2. The summed E-state index contributed by atoms with van der Waals surface area (Å²) in [6.07, 6.45) is 1.17. The Morgan fingerprint density at radius 1 is 1.56 bits per heavy atom. The zero-order valence-corrected chi connectivity index (χ0v) is 9.61. The molecule has 0 radical (unpaired) electrons. The Morgan fingerprint density at radius 3 is 3.25 bits per heavy atom. The molecule has 0 saturated carbocycles. The van der Waals surface area contributed by atoms with Crippen LogP contribution in [0.15, 0.2) is 18.2 Å². The fraction of sp³-hybridized carbons (Fsp3) is 0.583. The fourth-order valence-corrected chi connectivity index (χ4v) is 1.82. The molecule has 1 aromatic rings. The average molecular weight is 222 g/mol. The highest BCUT2D eigenvalue weighted by Crippen LogP contribution is 2.11. The van der Waals surface area contributed by atoms with Crippen molar-refractivity contribution < 1.29 is 9.47 Å². The lowest BCUT2D eigenvalue weighted by Gasteiger charge is -2.09. The van der Waals surface area contributed by atoms with Gasteiger partial charge < -0.3 is 14.8 Å². The van der Waals surface area contributed by atoms with Crippen molar-refractivity contribution in [2.24, 2.45) is 5.92 Å². The third-order valence-electron chi connectivity index (χ3n) is 2.75. The van der Waals surface area contributed by atoms with Crippen molar-refractivity contribution in [3.63, 3.8) is 0 Å². The molecule has 4 heteroatoms. The molecule has 1 aliphatic heterocycles. The van der Waals surface area contributed by atoms with Crippen LogP contribution in [0.1, 0.15) is 12.1 Å². The lowest BCUT2D eigenvalue weighted by Crippen LogP contribution is -2.23. The van der Waals surface area contributed by atoms with Gasteiger partial charge in [0.25, 0.3) is 0 Å². The number of rotatable bonds is 5. The Bertz CT molecular complexity index is 325. The summed E-state index contributed by atoms with van der Waals surface area (Å²) in [4.78, 5) is 4.34. The van der Waals surface area contributed by atoms with Crippen LogP contribution in [0.4, 0.5) is 0 Å². The first-order chi connectivity index (χ1) is 7.88. The second-order valence-corrected chi connectivity index (χ2v) is 4.03. The molecule has 0 aromatic carbocycles. The quantitative estimate of drug-likeness (QED) is 0.813. The minimum atomic E-state index is 0.658. The highest BCUT2D eigenvalue weighted by atomic mass is 16.5. The number of nitrogens with one attached hydrogen (secondary N) is 1. The van der Waals surface area contributed by atoms with Gasteiger partial charge in [0.1, 0.15) is 0 Å². The molecule has 0 aliphatic carbocycles. The van der Waals surface area contributed by atoms with Gasteiger partial charge in [-0.15, -0.1) is 0 Å². The van der Waals surface area contributed by atoms with Crippen LogP contribution in [0.3, 0.4) is 0 Å². The van der Waals surface area contributed by atoms with Crippen LogP contribution in [0.25, 0.3) is 0 Å². The van der Waals surface area contributed by atoms with Crippen molar-refractivity contribution in [1.29, 1.82) is 0 Å². The summed E-state index contributed by atoms with van der Waals surface area (Å²) in [5.74, 6) is 1.33. The molecule has 16 heavy (non-hydrogen) atoms. The Kier molecular flexibility index (Phi) is 4.13. The fourth-order valence-electron chi connectivity index (χ4n) is 1.82. The SMILES string of the molecule is COc1cccc(CNCC2CCOC2)n1. The maximum absolute atomic E-state index is 5.32. The molecule has 0 amide bonds. The van der Waals surface area contributed by atoms with Crippen molar-refractivity contribution in [1.82, 2.24) is 10.3 Å². The second-order valence-electron chi connectivity index (χ2n) is 4.03. The Hall–Kier alpha value is -1.13. The minimum Gasteiger partial charge on any atom is -0.481 e. The summed E-state index contributed by atoms with van der Waals surface area (Å²) in [6.45, 7) is 3.58. The van der Waals surface area contributed by atoms with E-state index < -0.39 is 0 Å². The summed E-state index contributed by atoms with van der Waals surface area (Å²) in [7, 11) is 1.63. The molecule has 1 aromatic heterocycles. The van der Waals surface area contributed by atoms with E-state index in [1.807, 2.05) is 18.2 Å². The predicted octanol–water partition coefficient (Wildman–Crippen LogP) is 1.22. The standard InChI is InChI=1S/C12H18N2O2/c1-15-12-4-2-3-11(14-12)8-13-7-10-5-6-16-9-10/h2-4,10,13H,5-9H2,1H3.